The fraction of sp³-hybridized carbons (Fsp3) is 0.348. The van der Waals surface area contributed by atoms with Crippen LogP contribution in [0.1, 0.15) is 12.6 Å². The average Bonchev–Trinajstić information content (AvgIpc) is 3.14. The SMILES string of the molecule is CCN(C[C@H](O)COc1ccc(-c2nc(Cl)c(C)[nH]2)cc1)c1ccc(OC)c(OC)c1. The zero-order chi connectivity index (χ0) is 22.4. The van der Waals surface area contributed by atoms with E-state index >= 15 is 0 Å². The van der Waals surface area contributed by atoms with Gasteiger partial charge in [-0.25, -0.2) is 4.98 Å². The molecule has 166 valence electrons. The Morgan fingerprint density at radius 3 is 2.39 bits per heavy atom. The molecule has 7 nitrogen and oxygen atoms in total. The summed E-state index contributed by atoms with van der Waals surface area (Å²) >= 11 is 6.01. The first-order valence-electron chi connectivity index (χ1n) is 10.1. The Bertz CT molecular complexity index is 971. The molecule has 0 spiro atoms. The Balaban J connectivity index is 1.58. The normalized spacial score (nSPS) is 11.8. The Kier molecular flexibility index (Phi) is 7.65. The summed E-state index contributed by atoms with van der Waals surface area (Å²) in [5.41, 5.74) is 2.68. The van der Waals surface area contributed by atoms with E-state index in [4.69, 9.17) is 25.8 Å². The number of benzene rings is 2. The molecule has 3 rings (SSSR count). The number of aryl methyl sites for hydroxylation is 1. The third kappa shape index (κ3) is 5.62. The van der Waals surface area contributed by atoms with Crippen molar-refractivity contribution in [1.29, 1.82) is 0 Å². The zero-order valence-corrected chi connectivity index (χ0v) is 18.9. The highest BCUT2D eigenvalue weighted by molar-refractivity contribution is 6.30. The van der Waals surface area contributed by atoms with E-state index in [1.54, 1.807) is 14.2 Å². The van der Waals surface area contributed by atoms with Gasteiger partial charge in [-0.05, 0) is 50.2 Å². The van der Waals surface area contributed by atoms with E-state index in [-0.39, 0.29) is 6.61 Å². The van der Waals surface area contributed by atoms with Crippen molar-refractivity contribution in [3.05, 3.63) is 53.3 Å². The molecule has 0 aliphatic rings. The van der Waals surface area contributed by atoms with Crippen molar-refractivity contribution >= 4 is 17.3 Å². The third-order valence-corrected chi connectivity index (χ3v) is 5.31. The zero-order valence-electron chi connectivity index (χ0n) is 18.2. The third-order valence-electron chi connectivity index (χ3n) is 4.94. The second-order valence-electron chi connectivity index (χ2n) is 7.07. The lowest BCUT2D eigenvalue weighted by atomic mass is 10.2. The quantitative estimate of drug-likeness (QED) is 0.483. The summed E-state index contributed by atoms with van der Waals surface area (Å²) in [5, 5.41) is 11.0. The van der Waals surface area contributed by atoms with Crippen LogP contribution in [-0.4, -0.2) is 55.1 Å². The van der Waals surface area contributed by atoms with E-state index in [0.29, 0.717) is 34.8 Å². The van der Waals surface area contributed by atoms with Crippen LogP contribution in [0, 0.1) is 6.92 Å². The molecule has 0 radical (unpaired) electrons. The molecular formula is C23H28ClN3O4. The van der Waals surface area contributed by atoms with Gasteiger partial charge in [0.05, 0.1) is 19.9 Å². The van der Waals surface area contributed by atoms with Crippen LogP contribution >= 0.6 is 11.6 Å². The van der Waals surface area contributed by atoms with E-state index < -0.39 is 6.10 Å². The summed E-state index contributed by atoms with van der Waals surface area (Å²) in [4.78, 5) is 9.49. The number of hydrogen-bond donors (Lipinski definition) is 2. The molecule has 8 heteroatoms. The summed E-state index contributed by atoms with van der Waals surface area (Å²) in [6, 6.07) is 13.2. The molecule has 0 amide bonds. The highest BCUT2D eigenvalue weighted by Gasteiger charge is 2.15. The first-order chi connectivity index (χ1) is 14.9. The van der Waals surface area contributed by atoms with Crippen molar-refractivity contribution in [3.63, 3.8) is 0 Å². The molecule has 0 unspecified atom stereocenters. The van der Waals surface area contributed by atoms with Gasteiger partial charge in [0, 0.05) is 30.4 Å². The van der Waals surface area contributed by atoms with E-state index in [2.05, 4.69) is 14.9 Å². The molecule has 2 N–H and O–H groups in total. The van der Waals surface area contributed by atoms with Crippen LogP contribution < -0.4 is 19.1 Å². The second-order valence-corrected chi connectivity index (χ2v) is 7.43. The topological polar surface area (TPSA) is 79.8 Å². The smallest absolute Gasteiger partial charge is 0.162 e. The number of nitrogens with one attached hydrogen (secondary N) is 1. The summed E-state index contributed by atoms with van der Waals surface area (Å²) in [5.74, 6) is 2.70. The molecule has 0 aliphatic heterocycles. The summed E-state index contributed by atoms with van der Waals surface area (Å²) in [6.07, 6.45) is -0.667. The highest BCUT2D eigenvalue weighted by Crippen LogP contribution is 2.31. The summed E-state index contributed by atoms with van der Waals surface area (Å²) in [6.45, 7) is 5.24. The maximum absolute atomic E-state index is 10.5. The molecule has 31 heavy (non-hydrogen) atoms. The lowest BCUT2D eigenvalue weighted by molar-refractivity contribution is 0.112. The van der Waals surface area contributed by atoms with Gasteiger partial charge in [0.15, 0.2) is 11.5 Å². The van der Waals surface area contributed by atoms with Crippen LogP contribution in [0.4, 0.5) is 5.69 Å². The van der Waals surface area contributed by atoms with Crippen LogP contribution in [-0.2, 0) is 0 Å². The fourth-order valence-corrected chi connectivity index (χ4v) is 3.35. The number of nitrogens with zero attached hydrogens (tertiary/aromatic N) is 2. The van der Waals surface area contributed by atoms with Gasteiger partial charge >= 0.3 is 0 Å². The van der Waals surface area contributed by atoms with Gasteiger partial charge < -0.3 is 29.2 Å². The number of aliphatic hydroxyl groups is 1. The molecule has 0 fully saturated rings. The summed E-state index contributed by atoms with van der Waals surface area (Å²) < 4.78 is 16.4. The second kappa shape index (κ2) is 10.4. The Morgan fingerprint density at radius 2 is 1.81 bits per heavy atom. The molecule has 1 heterocycles. The van der Waals surface area contributed by atoms with Crippen LogP contribution in [0.3, 0.4) is 0 Å². The van der Waals surface area contributed by atoms with Gasteiger partial charge in [0.2, 0.25) is 0 Å². The minimum Gasteiger partial charge on any atom is -0.493 e. The minimum absolute atomic E-state index is 0.175. The molecule has 1 atom stereocenters. The number of rotatable bonds is 10. The number of halogens is 1. The van der Waals surface area contributed by atoms with Crippen molar-refractivity contribution in [2.75, 3.05) is 38.8 Å². The first-order valence-corrected chi connectivity index (χ1v) is 10.4. The number of anilines is 1. The Morgan fingerprint density at radius 1 is 1.10 bits per heavy atom. The van der Waals surface area contributed by atoms with Crippen molar-refractivity contribution in [2.45, 2.75) is 20.0 Å². The Labute approximate surface area is 187 Å². The van der Waals surface area contributed by atoms with Crippen LogP contribution in [0.2, 0.25) is 5.15 Å². The highest BCUT2D eigenvalue weighted by atomic mass is 35.5. The molecular weight excluding hydrogens is 418 g/mol. The van der Waals surface area contributed by atoms with E-state index in [1.165, 1.54) is 0 Å². The number of H-pyrrole nitrogens is 1. The molecule has 2 aromatic carbocycles. The standard InChI is InChI=1S/C23H28ClN3O4/c1-5-27(17-8-11-20(29-3)21(12-17)30-4)13-18(28)14-31-19-9-6-16(7-10-19)23-25-15(2)22(24)26-23/h6-12,18,28H,5,13-14H2,1-4H3,(H,25,26)/t18-/m0/s1. The van der Waals surface area contributed by atoms with E-state index in [1.807, 2.05) is 56.3 Å². The number of imidazole rings is 1. The van der Waals surface area contributed by atoms with Crippen molar-refractivity contribution in [3.8, 4) is 28.6 Å². The van der Waals surface area contributed by atoms with Gasteiger partial charge in [-0.15, -0.1) is 0 Å². The molecule has 0 saturated carbocycles. The van der Waals surface area contributed by atoms with Gasteiger partial charge in [-0.3, -0.25) is 0 Å². The van der Waals surface area contributed by atoms with Gasteiger partial charge in [0.25, 0.3) is 0 Å². The first kappa shape index (κ1) is 22.8. The number of hydrogen-bond acceptors (Lipinski definition) is 6. The number of methoxy groups -OCH3 is 2. The lowest BCUT2D eigenvalue weighted by Gasteiger charge is -2.26. The number of ether oxygens (including phenoxy) is 3. The number of aliphatic hydroxyl groups excluding tert-OH is 1. The van der Waals surface area contributed by atoms with Gasteiger partial charge in [-0.1, -0.05) is 11.6 Å². The fourth-order valence-electron chi connectivity index (χ4n) is 3.22. The van der Waals surface area contributed by atoms with Crippen molar-refractivity contribution < 1.29 is 19.3 Å². The van der Waals surface area contributed by atoms with Crippen LogP contribution in [0.5, 0.6) is 17.2 Å². The predicted molar refractivity (Wildman–Crippen MR) is 123 cm³/mol. The molecule has 0 bridgehead atoms. The Hall–Kier alpha value is -2.90. The average molecular weight is 446 g/mol. The van der Waals surface area contributed by atoms with Crippen LogP contribution in [0.25, 0.3) is 11.4 Å². The number of aromatic amines is 1. The van der Waals surface area contributed by atoms with E-state index in [9.17, 15) is 5.11 Å². The van der Waals surface area contributed by atoms with Gasteiger partial charge in [-0.2, -0.15) is 0 Å². The molecule has 3 aromatic rings. The molecule has 0 saturated heterocycles. The van der Waals surface area contributed by atoms with Crippen molar-refractivity contribution in [1.82, 2.24) is 9.97 Å². The van der Waals surface area contributed by atoms with Crippen LogP contribution in [0.15, 0.2) is 42.5 Å². The monoisotopic (exact) mass is 445 g/mol. The largest absolute Gasteiger partial charge is 0.493 e. The minimum atomic E-state index is -0.667. The van der Waals surface area contributed by atoms with Crippen molar-refractivity contribution in [2.24, 2.45) is 0 Å². The van der Waals surface area contributed by atoms with E-state index in [0.717, 1.165) is 23.5 Å². The predicted octanol–water partition coefficient (Wildman–Crippen LogP) is 4.32. The molecule has 1 aromatic heterocycles. The number of likely N-dealkylation sites (N-methyl/N-ethyl adjacent to an activating group) is 1. The number of aromatic nitrogens is 2. The summed E-state index contributed by atoms with van der Waals surface area (Å²) in [7, 11) is 3.21. The maximum Gasteiger partial charge on any atom is 0.162 e. The maximum atomic E-state index is 10.5. The lowest BCUT2D eigenvalue weighted by Crippen LogP contribution is -2.35. The van der Waals surface area contributed by atoms with Gasteiger partial charge in [0.1, 0.15) is 29.4 Å². The molecule has 0 aliphatic carbocycles.